The van der Waals surface area contributed by atoms with E-state index in [-0.39, 0.29) is 6.42 Å². The molecule has 0 bridgehead atoms. The summed E-state index contributed by atoms with van der Waals surface area (Å²) in [5.41, 5.74) is 5.12. The van der Waals surface area contributed by atoms with Gasteiger partial charge in [0, 0.05) is 12.5 Å². The molecule has 1 rings (SSSR count). The third-order valence-electron chi connectivity index (χ3n) is 2.54. The summed E-state index contributed by atoms with van der Waals surface area (Å²) < 4.78 is 10.2. The van der Waals surface area contributed by atoms with Gasteiger partial charge >= 0.3 is 5.97 Å². The summed E-state index contributed by atoms with van der Waals surface area (Å²) >= 11 is 0. The van der Waals surface area contributed by atoms with Crippen molar-refractivity contribution in [3.05, 3.63) is 23.8 Å². The van der Waals surface area contributed by atoms with Crippen molar-refractivity contribution >= 4 is 5.97 Å². The summed E-state index contributed by atoms with van der Waals surface area (Å²) in [6.45, 7) is 1.47. The first-order valence-corrected chi connectivity index (χ1v) is 5.14. The third kappa shape index (κ3) is 3.10. The van der Waals surface area contributed by atoms with Crippen molar-refractivity contribution in [2.45, 2.75) is 18.9 Å². The molecule has 0 aromatic heterocycles. The van der Waals surface area contributed by atoms with Crippen molar-refractivity contribution in [2.24, 2.45) is 5.73 Å². The van der Waals surface area contributed by atoms with Crippen molar-refractivity contribution in [3.8, 4) is 11.5 Å². The van der Waals surface area contributed by atoms with Gasteiger partial charge in [-0.2, -0.15) is 0 Å². The molecule has 94 valence electrons. The molecule has 0 radical (unpaired) electrons. The number of ether oxygens (including phenoxy) is 2. The largest absolute Gasteiger partial charge is 0.497 e. The fraction of sp³-hybridized carbons (Fsp3) is 0.417. The van der Waals surface area contributed by atoms with Crippen molar-refractivity contribution in [1.82, 2.24) is 0 Å². The number of carboxylic acid groups (broad SMARTS) is 1. The van der Waals surface area contributed by atoms with E-state index in [1.807, 2.05) is 0 Å². The molecule has 0 spiro atoms. The Bertz CT molecular complexity index is 415. The van der Waals surface area contributed by atoms with Gasteiger partial charge in [-0.3, -0.25) is 4.79 Å². The molecule has 17 heavy (non-hydrogen) atoms. The highest BCUT2D eigenvalue weighted by Crippen LogP contribution is 2.27. The van der Waals surface area contributed by atoms with E-state index in [0.29, 0.717) is 11.5 Å². The molecule has 5 nitrogen and oxygen atoms in total. The van der Waals surface area contributed by atoms with Gasteiger partial charge in [0.15, 0.2) is 0 Å². The Morgan fingerprint density at radius 2 is 2.06 bits per heavy atom. The van der Waals surface area contributed by atoms with Crippen LogP contribution in [0.1, 0.15) is 12.5 Å². The Morgan fingerprint density at radius 1 is 1.41 bits per heavy atom. The van der Waals surface area contributed by atoms with Gasteiger partial charge in [-0.25, -0.2) is 0 Å². The van der Waals surface area contributed by atoms with Gasteiger partial charge in [0.05, 0.1) is 14.2 Å². The zero-order valence-corrected chi connectivity index (χ0v) is 10.2. The zero-order valence-electron chi connectivity index (χ0n) is 10.2. The maximum absolute atomic E-state index is 11.0. The van der Waals surface area contributed by atoms with Crippen LogP contribution in [0, 0.1) is 0 Å². The van der Waals surface area contributed by atoms with E-state index in [1.54, 1.807) is 25.3 Å². The van der Waals surface area contributed by atoms with E-state index in [2.05, 4.69) is 0 Å². The summed E-state index contributed by atoms with van der Waals surface area (Å²) in [7, 11) is 3.08. The average molecular weight is 239 g/mol. The van der Waals surface area contributed by atoms with Crippen LogP contribution in [0.4, 0.5) is 0 Å². The summed E-state index contributed by atoms with van der Waals surface area (Å²) in [4.78, 5) is 11.0. The van der Waals surface area contributed by atoms with E-state index < -0.39 is 11.5 Å². The number of methoxy groups -OCH3 is 2. The Morgan fingerprint density at radius 3 is 2.53 bits per heavy atom. The molecule has 0 aliphatic carbocycles. The van der Waals surface area contributed by atoms with Gasteiger partial charge in [0.2, 0.25) is 0 Å². The number of benzene rings is 1. The molecular weight excluding hydrogens is 222 g/mol. The average Bonchev–Trinajstić information content (AvgIpc) is 2.29. The molecule has 0 heterocycles. The van der Waals surface area contributed by atoms with Gasteiger partial charge < -0.3 is 20.3 Å². The molecule has 5 heteroatoms. The van der Waals surface area contributed by atoms with Gasteiger partial charge in [-0.15, -0.1) is 0 Å². The predicted octanol–water partition coefficient (Wildman–Crippen LogP) is 1.05. The monoisotopic (exact) mass is 239 g/mol. The highest BCUT2D eigenvalue weighted by Gasteiger charge is 2.29. The second kappa shape index (κ2) is 5.05. The molecular formula is C12H17NO4. The molecule has 3 N–H and O–H groups in total. The Hall–Kier alpha value is -1.75. The summed E-state index contributed by atoms with van der Waals surface area (Å²) in [5.74, 6) is 0.178. The zero-order chi connectivity index (χ0) is 13.1. The standard InChI is InChI=1S/C12H17NO4/c1-12(13,11(14)15)7-8-4-5-9(16-2)6-10(8)17-3/h4-6H,7,13H2,1-3H3,(H,14,15)/t12-/m0/s1. The maximum atomic E-state index is 11.0. The van der Waals surface area contributed by atoms with Crippen LogP contribution in [0.2, 0.25) is 0 Å². The van der Waals surface area contributed by atoms with Crippen LogP contribution in [-0.2, 0) is 11.2 Å². The topological polar surface area (TPSA) is 81.8 Å². The number of hydrogen-bond donors (Lipinski definition) is 2. The molecule has 0 amide bonds. The Labute approximate surface area is 100 Å². The van der Waals surface area contributed by atoms with E-state index in [9.17, 15) is 4.79 Å². The molecule has 0 saturated heterocycles. The number of carbonyl (C=O) groups is 1. The van der Waals surface area contributed by atoms with Crippen LogP contribution in [0.5, 0.6) is 11.5 Å². The quantitative estimate of drug-likeness (QED) is 0.802. The Kier molecular flexibility index (Phi) is 3.96. The van der Waals surface area contributed by atoms with Crippen LogP contribution < -0.4 is 15.2 Å². The number of hydrogen-bond acceptors (Lipinski definition) is 4. The minimum absolute atomic E-state index is 0.190. The van der Waals surface area contributed by atoms with Crippen LogP contribution in [-0.4, -0.2) is 30.8 Å². The fourth-order valence-corrected chi connectivity index (χ4v) is 1.47. The van der Waals surface area contributed by atoms with Gasteiger partial charge in [0.25, 0.3) is 0 Å². The molecule has 1 aromatic carbocycles. The normalized spacial score (nSPS) is 13.9. The van der Waals surface area contributed by atoms with Gasteiger partial charge in [-0.1, -0.05) is 6.07 Å². The van der Waals surface area contributed by atoms with E-state index in [4.69, 9.17) is 20.3 Å². The second-order valence-corrected chi connectivity index (χ2v) is 4.08. The Balaban J connectivity index is 3.02. The number of rotatable bonds is 5. The summed E-state index contributed by atoms with van der Waals surface area (Å²) in [6.07, 6.45) is 0.190. The molecule has 1 aromatic rings. The maximum Gasteiger partial charge on any atom is 0.323 e. The fourth-order valence-electron chi connectivity index (χ4n) is 1.47. The lowest BCUT2D eigenvalue weighted by Gasteiger charge is -2.20. The molecule has 0 saturated carbocycles. The van der Waals surface area contributed by atoms with E-state index >= 15 is 0 Å². The lowest BCUT2D eigenvalue weighted by molar-refractivity contribution is -0.142. The summed E-state index contributed by atoms with van der Waals surface area (Å²) in [6, 6.07) is 5.20. The minimum Gasteiger partial charge on any atom is -0.497 e. The number of nitrogens with two attached hydrogens (primary N) is 1. The van der Waals surface area contributed by atoms with Crippen molar-refractivity contribution in [2.75, 3.05) is 14.2 Å². The van der Waals surface area contributed by atoms with Gasteiger partial charge in [-0.05, 0) is 18.6 Å². The van der Waals surface area contributed by atoms with Gasteiger partial charge in [0.1, 0.15) is 17.0 Å². The molecule has 0 aliphatic heterocycles. The highest BCUT2D eigenvalue weighted by atomic mass is 16.5. The van der Waals surface area contributed by atoms with Crippen molar-refractivity contribution in [3.63, 3.8) is 0 Å². The van der Waals surface area contributed by atoms with Crippen LogP contribution in [0.25, 0.3) is 0 Å². The van der Waals surface area contributed by atoms with E-state index in [1.165, 1.54) is 14.0 Å². The first kappa shape index (κ1) is 13.3. The number of aliphatic carboxylic acids is 1. The smallest absolute Gasteiger partial charge is 0.323 e. The molecule has 1 atom stereocenters. The van der Waals surface area contributed by atoms with Crippen molar-refractivity contribution < 1.29 is 19.4 Å². The first-order valence-electron chi connectivity index (χ1n) is 5.14. The lowest BCUT2D eigenvalue weighted by atomic mass is 9.93. The van der Waals surface area contributed by atoms with Crippen LogP contribution in [0.3, 0.4) is 0 Å². The van der Waals surface area contributed by atoms with Crippen LogP contribution >= 0.6 is 0 Å². The minimum atomic E-state index is -1.32. The molecule has 0 unspecified atom stereocenters. The molecule has 0 fully saturated rings. The van der Waals surface area contributed by atoms with E-state index in [0.717, 1.165) is 5.56 Å². The summed E-state index contributed by atoms with van der Waals surface area (Å²) in [5, 5.41) is 8.98. The highest BCUT2D eigenvalue weighted by molar-refractivity contribution is 5.78. The molecule has 0 aliphatic rings. The van der Waals surface area contributed by atoms with Crippen LogP contribution in [0.15, 0.2) is 18.2 Å². The predicted molar refractivity (Wildman–Crippen MR) is 63.5 cm³/mol. The number of carboxylic acids is 1. The lowest BCUT2D eigenvalue weighted by Crippen LogP contribution is -2.46. The SMILES string of the molecule is COc1ccc(C[C@](C)(N)C(=O)O)c(OC)c1. The second-order valence-electron chi connectivity index (χ2n) is 4.08. The van der Waals surface area contributed by atoms with Crippen molar-refractivity contribution in [1.29, 1.82) is 0 Å². The third-order valence-corrected chi connectivity index (χ3v) is 2.54. The first-order chi connectivity index (χ1) is 7.90.